The maximum atomic E-state index is 13.4. The van der Waals surface area contributed by atoms with Crippen molar-refractivity contribution in [2.75, 3.05) is 0 Å². The number of hydrogen-bond donors (Lipinski definition) is 0. The zero-order valence-electron chi connectivity index (χ0n) is 10.9. The van der Waals surface area contributed by atoms with Gasteiger partial charge >= 0.3 is 0 Å². The van der Waals surface area contributed by atoms with Crippen LogP contribution >= 0.6 is 11.6 Å². The molecular weight excluding hydrogens is 263 g/mol. The van der Waals surface area contributed by atoms with E-state index in [9.17, 15) is 4.39 Å². The molecule has 1 saturated carbocycles. The van der Waals surface area contributed by atoms with Gasteiger partial charge in [-0.15, -0.1) is 11.6 Å². The van der Waals surface area contributed by atoms with Crippen molar-refractivity contribution in [2.24, 2.45) is 5.92 Å². The van der Waals surface area contributed by atoms with Crippen LogP contribution in [0.1, 0.15) is 37.9 Å². The van der Waals surface area contributed by atoms with Gasteiger partial charge in [-0.25, -0.2) is 9.37 Å². The smallest absolute Gasteiger partial charge is 0.125 e. The molecule has 0 unspecified atom stereocenters. The van der Waals surface area contributed by atoms with Crippen molar-refractivity contribution in [3.63, 3.8) is 0 Å². The Morgan fingerprint density at radius 2 is 2.05 bits per heavy atom. The third kappa shape index (κ3) is 2.62. The first-order valence-corrected chi connectivity index (χ1v) is 7.52. The standard InChI is InChI=1S/C15H18ClFN2/c16-9-15-18-13-7-6-12(17)8-14(13)19(15)10-11-4-2-1-3-5-11/h6-8,11H,1-5,9-10H2. The van der Waals surface area contributed by atoms with Crippen LogP contribution in [0.15, 0.2) is 18.2 Å². The third-order valence-corrected chi connectivity index (χ3v) is 4.31. The minimum Gasteiger partial charge on any atom is -0.327 e. The molecule has 4 heteroatoms. The molecule has 2 nitrogen and oxygen atoms in total. The number of hydrogen-bond acceptors (Lipinski definition) is 1. The Hall–Kier alpha value is -1.09. The van der Waals surface area contributed by atoms with Gasteiger partial charge in [0, 0.05) is 6.54 Å². The van der Waals surface area contributed by atoms with E-state index in [2.05, 4.69) is 9.55 Å². The van der Waals surface area contributed by atoms with Gasteiger partial charge < -0.3 is 4.57 Å². The first-order chi connectivity index (χ1) is 9.28. The summed E-state index contributed by atoms with van der Waals surface area (Å²) >= 11 is 5.98. The average molecular weight is 281 g/mol. The van der Waals surface area contributed by atoms with Gasteiger partial charge in [-0.05, 0) is 37.0 Å². The third-order valence-electron chi connectivity index (χ3n) is 4.07. The molecule has 1 aliphatic rings. The van der Waals surface area contributed by atoms with E-state index < -0.39 is 0 Å². The minimum absolute atomic E-state index is 0.210. The van der Waals surface area contributed by atoms with Gasteiger partial charge in [0.15, 0.2) is 0 Å². The highest BCUT2D eigenvalue weighted by atomic mass is 35.5. The summed E-state index contributed by atoms with van der Waals surface area (Å²) in [5, 5.41) is 0. The van der Waals surface area contributed by atoms with Gasteiger partial charge in [-0.1, -0.05) is 19.3 Å². The molecule has 0 saturated heterocycles. The topological polar surface area (TPSA) is 17.8 Å². The van der Waals surface area contributed by atoms with Crippen molar-refractivity contribution < 1.29 is 4.39 Å². The monoisotopic (exact) mass is 280 g/mol. The minimum atomic E-state index is -0.210. The normalized spacial score (nSPS) is 17.2. The fourth-order valence-corrected chi connectivity index (χ4v) is 3.28. The van der Waals surface area contributed by atoms with Crippen LogP contribution in [0.2, 0.25) is 0 Å². The summed E-state index contributed by atoms with van der Waals surface area (Å²) in [6.45, 7) is 0.919. The molecule has 0 bridgehead atoms. The molecule has 3 rings (SSSR count). The zero-order chi connectivity index (χ0) is 13.2. The molecule has 0 radical (unpaired) electrons. The summed E-state index contributed by atoms with van der Waals surface area (Å²) in [4.78, 5) is 4.50. The van der Waals surface area contributed by atoms with Crippen LogP contribution in [0.25, 0.3) is 11.0 Å². The van der Waals surface area contributed by atoms with Gasteiger partial charge in [0.25, 0.3) is 0 Å². The predicted molar refractivity (Wildman–Crippen MR) is 75.8 cm³/mol. The first kappa shape index (κ1) is 12.9. The molecule has 0 amide bonds. The number of benzene rings is 1. The second-order valence-electron chi connectivity index (χ2n) is 5.41. The Balaban J connectivity index is 1.97. The van der Waals surface area contributed by atoms with Crippen LogP contribution in [0.5, 0.6) is 0 Å². The van der Waals surface area contributed by atoms with Gasteiger partial charge in [0.2, 0.25) is 0 Å². The number of imidazole rings is 1. The number of rotatable bonds is 3. The molecule has 1 aromatic carbocycles. The van der Waals surface area contributed by atoms with Crippen LogP contribution in [0.3, 0.4) is 0 Å². The summed E-state index contributed by atoms with van der Waals surface area (Å²) < 4.78 is 15.5. The van der Waals surface area contributed by atoms with Crippen molar-refractivity contribution in [3.05, 3.63) is 29.8 Å². The molecular formula is C15H18ClFN2. The molecule has 1 fully saturated rings. The van der Waals surface area contributed by atoms with Crippen LogP contribution < -0.4 is 0 Å². The fourth-order valence-electron chi connectivity index (χ4n) is 3.08. The summed E-state index contributed by atoms with van der Waals surface area (Å²) in [5.41, 5.74) is 1.72. The second-order valence-corrected chi connectivity index (χ2v) is 5.68. The molecule has 2 aromatic rings. The highest BCUT2D eigenvalue weighted by Crippen LogP contribution is 2.28. The number of fused-ring (bicyclic) bond motifs is 1. The fraction of sp³-hybridized carbons (Fsp3) is 0.533. The van der Waals surface area contributed by atoms with E-state index in [1.54, 1.807) is 12.1 Å². The van der Waals surface area contributed by atoms with E-state index in [1.807, 2.05) is 0 Å². The quantitative estimate of drug-likeness (QED) is 0.757. The van der Waals surface area contributed by atoms with E-state index in [-0.39, 0.29) is 5.82 Å². The van der Waals surface area contributed by atoms with Gasteiger partial charge in [0.1, 0.15) is 11.6 Å². The lowest BCUT2D eigenvalue weighted by Crippen LogP contribution is -2.15. The van der Waals surface area contributed by atoms with Crippen LogP contribution in [0, 0.1) is 11.7 Å². The molecule has 1 aliphatic carbocycles. The van der Waals surface area contributed by atoms with Gasteiger partial charge in [-0.3, -0.25) is 0 Å². The summed E-state index contributed by atoms with van der Waals surface area (Å²) in [7, 11) is 0. The molecule has 0 spiro atoms. The maximum absolute atomic E-state index is 13.4. The summed E-state index contributed by atoms with van der Waals surface area (Å²) in [6.07, 6.45) is 6.48. The van der Waals surface area contributed by atoms with E-state index in [4.69, 9.17) is 11.6 Å². The Morgan fingerprint density at radius 1 is 1.26 bits per heavy atom. The van der Waals surface area contributed by atoms with Crippen molar-refractivity contribution in [2.45, 2.75) is 44.5 Å². The Kier molecular flexibility index (Phi) is 3.74. The molecule has 1 aromatic heterocycles. The highest BCUT2D eigenvalue weighted by Gasteiger charge is 2.18. The number of aromatic nitrogens is 2. The SMILES string of the molecule is Fc1ccc2nc(CCl)n(CC3CCCCC3)c2c1. The number of alkyl halides is 1. The Morgan fingerprint density at radius 3 is 2.79 bits per heavy atom. The molecule has 1 heterocycles. The van der Waals surface area contributed by atoms with Gasteiger partial charge in [-0.2, -0.15) is 0 Å². The van der Waals surface area contributed by atoms with Crippen LogP contribution in [-0.2, 0) is 12.4 Å². The lowest BCUT2D eigenvalue weighted by Gasteiger charge is -2.23. The van der Waals surface area contributed by atoms with Crippen molar-refractivity contribution >= 4 is 22.6 Å². The maximum Gasteiger partial charge on any atom is 0.125 e. The lowest BCUT2D eigenvalue weighted by molar-refractivity contribution is 0.320. The lowest BCUT2D eigenvalue weighted by atomic mass is 9.89. The van der Waals surface area contributed by atoms with E-state index in [1.165, 1.54) is 38.2 Å². The van der Waals surface area contributed by atoms with Crippen molar-refractivity contribution in [3.8, 4) is 0 Å². The number of nitrogens with zero attached hydrogens (tertiary/aromatic N) is 2. The van der Waals surface area contributed by atoms with Crippen molar-refractivity contribution in [1.82, 2.24) is 9.55 Å². The predicted octanol–water partition coefficient (Wildman–Crippen LogP) is 4.49. The zero-order valence-corrected chi connectivity index (χ0v) is 11.7. The first-order valence-electron chi connectivity index (χ1n) is 6.98. The largest absolute Gasteiger partial charge is 0.327 e. The van der Waals surface area contributed by atoms with Crippen LogP contribution in [-0.4, -0.2) is 9.55 Å². The molecule has 0 atom stereocenters. The number of halogens is 2. The summed E-state index contributed by atoms with van der Waals surface area (Å²) in [6, 6.07) is 4.76. The molecule has 19 heavy (non-hydrogen) atoms. The average Bonchev–Trinajstić information content (AvgIpc) is 2.78. The van der Waals surface area contributed by atoms with E-state index in [0.717, 1.165) is 23.4 Å². The molecule has 0 N–H and O–H groups in total. The highest BCUT2D eigenvalue weighted by molar-refractivity contribution is 6.16. The van der Waals surface area contributed by atoms with Crippen LogP contribution in [0.4, 0.5) is 4.39 Å². The Bertz CT molecular complexity index is 573. The second kappa shape index (κ2) is 5.49. The van der Waals surface area contributed by atoms with E-state index >= 15 is 0 Å². The molecule has 0 aliphatic heterocycles. The Labute approximate surface area is 117 Å². The summed E-state index contributed by atoms with van der Waals surface area (Å²) in [5.74, 6) is 1.70. The molecule has 102 valence electrons. The van der Waals surface area contributed by atoms with E-state index in [0.29, 0.717) is 11.8 Å². The van der Waals surface area contributed by atoms with Gasteiger partial charge in [0.05, 0.1) is 16.9 Å². The van der Waals surface area contributed by atoms with Crippen molar-refractivity contribution in [1.29, 1.82) is 0 Å².